The van der Waals surface area contributed by atoms with E-state index in [0.29, 0.717) is 12.1 Å². The summed E-state index contributed by atoms with van der Waals surface area (Å²) in [6.45, 7) is 2.40. The van der Waals surface area contributed by atoms with Crippen LogP contribution in [-0.4, -0.2) is 36.5 Å². The van der Waals surface area contributed by atoms with E-state index in [4.69, 9.17) is 5.73 Å². The third-order valence-corrected chi connectivity index (χ3v) is 4.06. The molecule has 6 heteroatoms. The molecular weight excluding hydrogens is 325 g/mol. The van der Waals surface area contributed by atoms with Gasteiger partial charge in [0.15, 0.2) is 0 Å². The molecule has 1 aliphatic heterocycles. The van der Waals surface area contributed by atoms with Gasteiger partial charge in [0.05, 0.1) is 6.54 Å². The maximum absolute atomic E-state index is 13.9. The zero-order chi connectivity index (χ0) is 14.5. The van der Waals surface area contributed by atoms with Crippen molar-refractivity contribution >= 4 is 21.8 Å². The summed E-state index contributed by atoms with van der Waals surface area (Å²) in [6, 6.07) is 5.12. The molecule has 0 aliphatic carbocycles. The van der Waals surface area contributed by atoms with Crippen LogP contribution in [0.2, 0.25) is 0 Å². The average Bonchev–Trinajstić information content (AvgIpc) is 2.42. The Balaban J connectivity index is 2.13. The van der Waals surface area contributed by atoms with E-state index in [2.05, 4.69) is 21.2 Å². The Morgan fingerprint density at radius 3 is 2.80 bits per heavy atom. The lowest BCUT2D eigenvalue weighted by molar-refractivity contribution is -0.120. The zero-order valence-electron chi connectivity index (χ0n) is 11.2. The van der Waals surface area contributed by atoms with Crippen molar-refractivity contribution in [3.8, 4) is 0 Å². The van der Waals surface area contributed by atoms with Gasteiger partial charge in [-0.05, 0) is 44.1 Å². The number of nitrogens with two attached hydrogens (primary N) is 1. The first-order valence-electron chi connectivity index (χ1n) is 6.73. The molecule has 20 heavy (non-hydrogen) atoms. The quantitative estimate of drug-likeness (QED) is 0.854. The first-order chi connectivity index (χ1) is 9.56. The number of amides is 1. The molecule has 1 amide bonds. The summed E-state index contributed by atoms with van der Waals surface area (Å²) in [7, 11) is 0. The van der Waals surface area contributed by atoms with Gasteiger partial charge in [-0.15, -0.1) is 0 Å². The number of carbonyl (C=O) groups excluding carboxylic acids is 1. The van der Waals surface area contributed by atoms with Gasteiger partial charge in [0.1, 0.15) is 5.82 Å². The minimum atomic E-state index is -0.376. The molecular formula is C14H19BrFN3O. The van der Waals surface area contributed by atoms with Crippen molar-refractivity contribution in [3.05, 3.63) is 34.1 Å². The third-order valence-electron chi connectivity index (χ3n) is 3.57. The van der Waals surface area contributed by atoms with Crippen LogP contribution in [0.1, 0.15) is 18.4 Å². The summed E-state index contributed by atoms with van der Waals surface area (Å²) >= 11 is 3.35. The normalized spacial score (nSPS) is 16.6. The number of hydrogen-bond donors (Lipinski definition) is 2. The number of rotatable bonds is 5. The smallest absolute Gasteiger partial charge is 0.231 e. The van der Waals surface area contributed by atoms with Crippen LogP contribution >= 0.6 is 15.9 Å². The molecule has 0 atom stereocenters. The summed E-state index contributed by atoms with van der Waals surface area (Å²) in [5.74, 6) is -0.629. The van der Waals surface area contributed by atoms with Gasteiger partial charge in [0, 0.05) is 22.6 Å². The van der Waals surface area contributed by atoms with Crippen LogP contribution in [0.15, 0.2) is 22.7 Å². The van der Waals surface area contributed by atoms with E-state index in [1.54, 1.807) is 12.1 Å². The highest BCUT2D eigenvalue weighted by Gasteiger charge is 2.23. The highest BCUT2D eigenvalue weighted by Crippen LogP contribution is 2.20. The monoisotopic (exact) mass is 343 g/mol. The summed E-state index contributed by atoms with van der Waals surface area (Å²) in [6.07, 6.45) is 1.89. The summed E-state index contributed by atoms with van der Waals surface area (Å²) in [4.78, 5) is 13.2. The molecule has 1 aromatic rings. The fraction of sp³-hybridized carbons (Fsp3) is 0.500. The number of primary amides is 1. The molecule has 2 rings (SSSR count). The molecule has 1 saturated heterocycles. The van der Waals surface area contributed by atoms with Crippen LogP contribution in [0.5, 0.6) is 0 Å². The van der Waals surface area contributed by atoms with Crippen molar-refractivity contribution in [2.75, 3.05) is 19.6 Å². The Labute approximate surface area is 126 Å². The lowest BCUT2D eigenvalue weighted by Gasteiger charge is -2.34. The zero-order valence-corrected chi connectivity index (χ0v) is 12.8. The molecule has 110 valence electrons. The molecule has 1 aliphatic rings. The van der Waals surface area contributed by atoms with E-state index in [9.17, 15) is 9.18 Å². The third kappa shape index (κ3) is 4.26. The van der Waals surface area contributed by atoms with Gasteiger partial charge < -0.3 is 11.1 Å². The molecule has 0 aromatic heterocycles. The molecule has 0 radical (unpaired) electrons. The number of piperidine rings is 1. The number of nitrogens with zero attached hydrogens (tertiary/aromatic N) is 1. The van der Waals surface area contributed by atoms with Crippen LogP contribution in [-0.2, 0) is 11.3 Å². The van der Waals surface area contributed by atoms with Crippen LogP contribution in [0.3, 0.4) is 0 Å². The number of nitrogens with one attached hydrogen (secondary N) is 1. The lowest BCUT2D eigenvalue weighted by atomic mass is 10.0. The van der Waals surface area contributed by atoms with E-state index in [1.165, 1.54) is 6.07 Å². The fourth-order valence-electron chi connectivity index (χ4n) is 2.57. The predicted octanol–water partition coefficient (Wildman–Crippen LogP) is 1.63. The van der Waals surface area contributed by atoms with Crippen LogP contribution in [0, 0.1) is 5.82 Å². The number of halogens is 2. The lowest BCUT2D eigenvalue weighted by Crippen LogP contribution is -2.46. The standard InChI is InChI=1S/C14H19BrFN3O/c15-11-1-2-13(16)10(7-11)8-19(9-14(17)20)12-3-5-18-6-4-12/h1-2,7,12,18H,3-6,8-9H2,(H2,17,20). The van der Waals surface area contributed by atoms with Crippen molar-refractivity contribution in [1.82, 2.24) is 10.2 Å². The minimum absolute atomic E-state index is 0.163. The van der Waals surface area contributed by atoms with Gasteiger partial charge in [-0.3, -0.25) is 9.69 Å². The summed E-state index contributed by atoms with van der Waals surface area (Å²) < 4.78 is 14.7. The first kappa shape index (κ1) is 15.4. The van der Waals surface area contributed by atoms with E-state index in [-0.39, 0.29) is 24.3 Å². The Morgan fingerprint density at radius 2 is 2.15 bits per heavy atom. The highest BCUT2D eigenvalue weighted by molar-refractivity contribution is 9.10. The number of carbonyl (C=O) groups is 1. The maximum Gasteiger partial charge on any atom is 0.231 e. The van der Waals surface area contributed by atoms with Crippen LogP contribution in [0.25, 0.3) is 0 Å². The van der Waals surface area contributed by atoms with Gasteiger partial charge in [-0.25, -0.2) is 4.39 Å². The van der Waals surface area contributed by atoms with Crippen molar-refractivity contribution in [3.63, 3.8) is 0 Å². The second-order valence-electron chi connectivity index (χ2n) is 5.09. The van der Waals surface area contributed by atoms with E-state index >= 15 is 0 Å². The molecule has 3 N–H and O–H groups in total. The van der Waals surface area contributed by atoms with Gasteiger partial charge in [-0.1, -0.05) is 15.9 Å². The van der Waals surface area contributed by atoms with Gasteiger partial charge in [-0.2, -0.15) is 0 Å². The number of benzene rings is 1. The van der Waals surface area contributed by atoms with Gasteiger partial charge in [0.2, 0.25) is 5.91 Å². The molecule has 1 heterocycles. The van der Waals surface area contributed by atoms with Crippen molar-refractivity contribution < 1.29 is 9.18 Å². The summed E-state index contributed by atoms with van der Waals surface area (Å²) in [5, 5.41) is 3.28. The highest BCUT2D eigenvalue weighted by atomic mass is 79.9. The summed E-state index contributed by atoms with van der Waals surface area (Å²) in [5.41, 5.74) is 5.90. The van der Waals surface area contributed by atoms with Crippen LogP contribution < -0.4 is 11.1 Å². The van der Waals surface area contributed by atoms with Crippen molar-refractivity contribution in [2.24, 2.45) is 5.73 Å². The van der Waals surface area contributed by atoms with Crippen molar-refractivity contribution in [2.45, 2.75) is 25.4 Å². The molecule has 0 unspecified atom stereocenters. The van der Waals surface area contributed by atoms with Gasteiger partial charge in [0.25, 0.3) is 0 Å². The first-order valence-corrected chi connectivity index (χ1v) is 7.52. The molecule has 0 spiro atoms. The minimum Gasteiger partial charge on any atom is -0.369 e. The fourth-order valence-corrected chi connectivity index (χ4v) is 2.98. The number of hydrogen-bond acceptors (Lipinski definition) is 3. The Hall–Kier alpha value is -0.980. The second-order valence-corrected chi connectivity index (χ2v) is 6.00. The van der Waals surface area contributed by atoms with Gasteiger partial charge >= 0.3 is 0 Å². The molecule has 0 saturated carbocycles. The SMILES string of the molecule is NC(=O)CN(Cc1cc(Br)ccc1F)C1CCNCC1. The largest absolute Gasteiger partial charge is 0.369 e. The maximum atomic E-state index is 13.9. The topological polar surface area (TPSA) is 58.4 Å². The predicted molar refractivity (Wildman–Crippen MR) is 79.6 cm³/mol. The average molecular weight is 344 g/mol. The molecule has 1 aromatic carbocycles. The van der Waals surface area contributed by atoms with E-state index in [0.717, 1.165) is 30.4 Å². The van der Waals surface area contributed by atoms with Crippen molar-refractivity contribution in [1.29, 1.82) is 0 Å². The molecule has 1 fully saturated rings. The molecule has 0 bridgehead atoms. The second kappa shape index (κ2) is 7.15. The Bertz CT molecular complexity index is 477. The Morgan fingerprint density at radius 1 is 1.45 bits per heavy atom. The molecule has 4 nitrogen and oxygen atoms in total. The van der Waals surface area contributed by atoms with Crippen LogP contribution in [0.4, 0.5) is 4.39 Å². The van der Waals surface area contributed by atoms with E-state index < -0.39 is 0 Å². The van der Waals surface area contributed by atoms with E-state index in [1.807, 2.05) is 4.90 Å². The Kier molecular flexibility index (Phi) is 5.51.